The highest BCUT2D eigenvalue weighted by molar-refractivity contribution is 14.1. The Kier molecular flexibility index (Phi) is 4.79. The first-order valence-electron chi connectivity index (χ1n) is 5.74. The molecular formula is C15H13IO3. The predicted molar refractivity (Wildman–Crippen MR) is 82.1 cm³/mol. The quantitative estimate of drug-likeness (QED) is 0.594. The van der Waals surface area contributed by atoms with Crippen LogP contribution in [0, 0.1) is 0 Å². The number of carbonyl (C=O) groups excluding carboxylic acids is 1. The lowest BCUT2D eigenvalue weighted by Crippen LogP contribution is -1.98. The van der Waals surface area contributed by atoms with Gasteiger partial charge in [0, 0.05) is 34.2 Å². The topological polar surface area (TPSA) is 35.5 Å². The van der Waals surface area contributed by atoms with Gasteiger partial charge in [-0.15, -0.1) is 0 Å². The van der Waals surface area contributed by atoms with Crippen molar-refractivity contribution in [2.75, 3.05) is 7.11 Å². The molecule has 0 atom stereocenters. The third kappa shape index (κ3) is 3.96. The van der Waals surface area contributed by atoms with Gasteiger partial charge in [-0.1, -0.05) is 30.3 Å². The van der Waals surface area contributed by atoms with E-state index in [9.17, 15) is 4.79 Å². The van der Waals surface area contributed by atoms with Gasteiger partial charge in [0.05, 0.1) is 7.11 Å². The van der Waals surface area contributed by atoms with Crippen molar-refractivity contribution in [3.05, 3.63) is 59.7 Å². The molecule has 0 unspecified atom stereocenters. The molecule has 0 bridgehead atoms. The highest BCUT2D eigenvalue weighted by Gasteiger charge is 2.07. The van der Waals surface area contributed by atoms with Crippen LogP contribution >= 0.6 is 22.6 Å². The number of carbonyl (C=O) groups is 1. The number of benzene rings is 2. The molecule has 0 saturated heterocycles. The summed E-state index contributed by atoms with van der Waals surface area (Å²) < 4.78 is 10.8. The first-order valence-corrected chi connectivity index (χ1v) is 6.82. The highest BCUT2D eigenvalue weighted by Crippen LogP contribution is 2.25. The average molecular weight is 368 g/mol. The minimum Gasteiger partial charge on any atom is -0.497 e. The third-order valence-electron chi connectivity index (χ3n) is 2.59. The Labute approximate surface area is 125 Å². The van der Waals surface area contributed by atoms with Crippen molar-refractivity contribution in [3.63, 3.8) is 0 Å². The Morgan fingerprint density at radius 2 is 1.79 bits per heavy atom. The molecule has 0 aliphatic rings. The molecule has 2 aromatic carbocycles. The van der Waals surface area contributed by atoms with Crippen molar-refractivity contribution in [3.8, 4) is 11.5 Å². The van der Waals surface area contributed by atoms with Crippen LogP contribution < -0.4 is 9.47 Å². The second-order valence-electron chi connectivity index (χ2n) is 3.95. The Morgan fingerprint density at radius 3 is 2.42 bits per heavy atom. The fraction of sp³-hybridized carbons (Fsp3) is 0.133. The summed E-state index contributed by atoms with van der Waals surface area (Å²) in [5.74, 6) is 1.24. The number of hydrogen-bond donors (Lipinski definition) is 0. The summed E-state index contributed by atoms with van der Waals surface area (Å²) in [4.78, 5) is 11.4. The number of rotatable bonds is 5. The molecule has 0 radical (unpaired) electrons. The van der Waals surface area contributed by atoms with Gasteiger partial charge in [-0.2, -0.15) is 0 Å². The van der Waals surface area contributed by atoms with E-state index in [1.807, 2.05) is 30.3 Å². The van der Waals surface area contributed by atoms with E-state index in [1.54, 1.807) is 47.9 Å². The van der Waals surface area contributed by atoms with Crippen LogP contribution in [0.15, 0.2) is 48.5 Å². The van der Waals surface area contributed by atoms with E-state index in [1.165, 1.54) is 0 Å². The molecule has 0 aliphatic carbocycles. The standard InChI is InChI=1S/C15H13IO3/c1-18-13-7-12(15(16)17)8-14(9-13)19-10-11-5-3-2-4-6-11/h2-9H,10H2,1H3. The molecule has 0 aliphatic heterocycles. The fourth-order valence-electron chi connectivity index (χ4n) is 1.63. The molecule has 0 N–H and O–H groups in total. The largest absolute Gasteiger partial charge is 0.497 e. The summed E-state index contributed by atoms with van der Waals surface area (Å²) in [5, 5.41) is 0. The van der Waals surface area contributed by atoms with Crippen LogP contribution in [0.3, 0.4) is 0 Å². The van der Waals surface area contributed by atoms with Gasteiger partial charge in [0.2, 0.25) is 3.79 Å². The molecule has 0 spiro atoms. The monoisotopic (exact) mass is 368 g/mol. The van der Waals surface area contributed by atoms with Gasteiger partial charge in [-0.3, -0.25) is 4.79 Å². The summed E-state index contributed by atoms with van der Waals surface area (Å²) in [7, 11) is 1.57. The van der Waals surface area contributed by atoms with Crippen LogP contribution in [0.4, 0.5) is 0 Å². The van der Waals surface area contributed by atoms with E-state index in [0.717, 1.165) is 5.56 Å². The molecule has 19 heavy (non-hydrogen) atoms. The molecule has 98 valence electrons. The van der Waals surface area contributed by atoms with Crippen molar-refractivity contribution in [2.45, 2.75) is 6.61 Å². The van der Waals surface area contributed by atoms with E-state index < -0.39 is 0 Å². The lowest BCUT2D eigenvalue weighted by Gasteiger charge is -2.09. The Morgan fingerprint density at radius 1 is 1.11 bits per heavy atom. The van der Waals surface area contributed by atoms with Crippen molar-refractivity contribution < 1.29 is 14.3 Å². The highest BCUT2D eigenvalue weighted by atomic mass is 127. The zero-order chi connectivity index (χ0) is 13.7. The summed E-state index contributed by atoms with van der Waals surface area (Å²) in [6.45, 7) is 0.461. The van der Waals surface area contributed by atoms with Crippen LogP contribution in [0.1, 0.15) is 15.9 Å². The van der Waals surface area contributed by atoms with Gasteiger partial charge < -0.3 is 9.47 Å². The number of hydrogen-bond acceptors (Lipinski definition) is 3. The summed E-state index contributed by atoms with van der Waals surface area (Å²) in [6, 6.07) is 15.1. The molecule has 0 aromatic heterocycles. The van der Waals surface area contributed by atoms with Crippen molar-refractivity contribution in [1.82, 2.24) is 0 Å². The van der Waals surface area contributed by atoms with E-state index in [0.29, 0.717) is 23.7 Å². The lowest BCUT2D eigenvalue weighted by molar-refractivity contribution is 0.110. The second-order valence-corrected chi connectivity index (χ2v) is 4.92. The number of ether oxygens (including phenoxy) is 2. The molecule has 0 heterocycles. The zero-order valence-corrected chi connectivity index (χ0v) is 12.6. The fourth-order valence-corrected chi connectivity index (χ4v) is 1.94. The SMILES string of the molecule is COc1cc(OCc2ccccc2)cc(C(=O)I)c1. The molecule has 3 nitrogen and oxygen atoms in total. The normalized spacial score (nSPS) is 10.0. The predicted octanol–water partition coefficient (Wildman–Crippen LogP) is 3.85. The summed E-state index contributed by atoms with van der Waals surface area (Å²) in [6.07, 6.45) is 0. The van der Waals surface area contributed by atoms with Gasteiger partial charge >= 0.3 is 0 Å². The van der Waals surface area contributed by atoms with Crippen molar-refractivity contribution >= 4 is 26.4 Å². The Balaban J connectivity index is 2.15. The van der Waals surface area contributed by atoms with E-state index in [4.69, 9.17) is 9.47 Å². The van der Waals surface area contributed by atoms with E-state index >= 15 is 0 Å². The molecule has 2 aromatic rings. The molecular weight excluding hydrogens is 355 g/mol. The van der Waals surface area contributed by atoms with Gasteiger partial charge in [0.1, 0.15) is 18.1 Å². The maximum Gasteiger partial charge on any atom is 0.222 e. The van der Waals surface area contributed by atoms with Crippen LogP contribution in [0.25, 0.3) is 0 Å². The first kappa shape index (κ1) is 13.9. The molecule has 4 heteroatoms. The smallest absolute Gasteiger partial charge is 0.222 e. The Hall–Kier alpha value is -1.56. The van der Waals surface area contributed by atoms with Crippen LogP contribution in [0.5, 0.6) is 11.5 Å². The van der Waals surface area contributed by atoms with E-state index in [-0.39, 0.29) is 3.79 Å². The second kappa shape index (κ2) is 6.56. The third-order valence-corrected chi connectivity index (χ3v) is 3.21. The van der Waals surface area contributed by atoms with Gasteiger partial charge in [-0.25, -0.2) is 0 Å². The van der Waals surface area contributed by atoms with Crippen molar-refractivity contribution in [1.29, 1.82) is 0 Å². The van der Waals surface area contributed by atoms with E-state index in [2.05, 4.69) is 0 Å². The minimum atomic E-state index is -0.0407. The average Bonchev–Trinajstić information content (AvgIpc) is 2.45. The lowest BCUT2D eigenvalue weighted by atomic mass is 10.2. The Bertz CT molecular complexity index is 567. The van der Waals surface area contributed by atoms with Crippen LogP contribution in [0.2, 0.25) is 0 Å². The van der Waals surface area contributed by atoms with Gasteiger partial charge in [0.15, 0.2) is 0 Å². The van der Waals surface area contributed by atoms with Crippen LogP contribution in [-0.2, 0) is 6.61 Å². The number of methoxy groups -OCH3 is 1. The number of halogens is 1. The van der Waals surface area contributed by atoms with Crippen molar-refractivity contribution in [2.24, 2.45) is 0 Å². The summed E-state index contributed by atoms with van der Waals surface area (Å²) >= 11 is 1.75. The molecule has 0 saturated carbocycles. The first-order chi connectivity index (χ1) is 9.19. The zero-order valence-electron chi connectivity index (χ0n) is 10.4. The summed E-state index contributed by atoms with van der Waals surface area (Å²) in [5.41, 5.74) is 1.65. The molecule has 0 fully saturated rings. The van der Waals surface area contributed by atoms with Gasteiger partial charge in [-0.05, 0) is 17.7 Å². The van der Waals surface area contributed by atoms with Crippen LogP contribution in [-0.4, -0.2) is 10.9 Å². The van der Waals surface area contributed by atoms with Gasteiger partial charge in [0.25, 0.3) is 0 Å². The maximum absolute atomic E-state index is 11.4. The molecule has 0 amide bonds. The maximum atomic E-state index is 11.4. The molecule has 2 rings (SSSR count). The minimum absolute atomic E-state index is 0.0407.